The van der Waals surface area contributed by atoms with E-state index in [1.165, 1.54) is 7.11 Å². The largest absolute Gasteiger partial charge is 0.505 e. The van der Waals surface area contributed by atoms with Crippen molar-refractivity contribution in [2.75, 3.05) is 13.4 Å². The minimum absolute atomic E-state index is 0.125. The SMILES string of the molecule is COC(=O)C1=C(O)/C(=C\c2ccc(SC)cc2)N=C1C. The van der Waals surface area contributed by atoms with Gasteiger partial charge in [-0.25, -0.2) is 9.79 Å². The molecule has 1 aliphatic heterocycles. The number of carbonyl (C=O) groups excluding carboxylic acids is 1. The van der Waals surface area contributed by atoms with E-state index in [9.17, 15) is 9.90 Å². The summed E-state index contributed by atoms with van der Waals surface area (Å²) >= 11 is 1.66. The van der Waals surface area contributed by atoms with Gasteiger partial charge in [0.15, 0.2) is 5.76 Å². The van der Waals surface area contributed by atoms with Crippen LogP contribution in [-0.4, -0.2) is 30.2 Å². The summed E-state index contributed by atoms with van der Waals surface area (Å²) < 4.78 is 4.64. The number of hydrogen-bond acceptors (Lipinski definition) is 5. The van der Waals surface area contributed by atoms with E-state index in [1.54, 1.807) is 24.8 Å². The molecule has 0 saturated carbocycles. The molecule has 1 aromatic carbocycles. The maximum Gasteiger partial charge on any atom is 0.343 e. The normalized spacial score (nSPS) is 16.6. The minimum atomic E-state index is -0.579. The summed E-state index contributed by atoms with van der Waals surface area (Å²) in [5.74, 6) is -0.715. The molecule has 0 saturated heterocycles. The van der Waals surface area contributed by atoms with Crippen molar-refractivity contribution in [1.82, 2.24) is 0 Å². The number of ether oxygens (including phenoxy) is 1. The first-order valence-electron chi connectivity index (χ1n) is 6.00. The fourth-order valence-corrected chi connectivity index (χ4v) is 2.30. The van der Waals surface area contributed by atoms with Crippen LogP contribution in [-0.2, 0) is 9.53 Å². The molecule has 1 N–H and O–H groups in total. The second kappa shape index (κ2) is 5.96. The van der Waals surface area contributed by atoms with E-state index in [-0.39, 0.29) is 11.3 Å². The summed E-state index contributed by atoms with van der Waals surface area (Å²) in [5, 5.41) is 10.1. The van der Waals surface area contributed by atoms with Crippen molar-refractivity contribution in [3.63, 3.8) is 0 Å². The quantitative estimate of drug-likeness (QED) is 0.685. The molecule has 104 valence electrons. The summed E-state index contributed by atoms with van der Waals surface area (Å²) in [6.45, 7) is 1.67. The molecule has 4 nitrogen and oxygen atoms in total. The Bertz CT molecular complexity index is 627. The molecule has 1 heterocycles. The highest BCUT2D eigenvalue weighted by Crippen LogP contribution is 2.26. The zero-order valence-corrected chi connectivity index (χ0v) is 12.3. The summed E-state index contributed by atoms with van der Waals surface area (Å²) in [7, 11) is 1.28. The average Bonchev–Trinajstić information content (AvgIpc) is 2.73. The lowest BCUT2D eigenvalue weighted by Crippen LogP contribution is -2.11. The zero-order valence-electron chi connectivity index (χ0n) is 11.5. The van der Waals surface area contributed by atoms with Gasteiger partial charge in [0.25, 0.3) is 0 Å². The van der Waals surface area contributed by atoms with Crippen LogP contribution in [0.4, 0.5) is 0 Å². The van der Waals surface area contributed by atoms with Crippen molar-refractivity contribution in [2.45, 2.75) is 11.8 Å². The number of carbonyl (C=O) groups is 1. The third-order valence-corrected chi connectivity index (χ3v) is 3.68. The minimum Gasteiger partial charge on any atom is -0.505 e. The Balaban J connectivity index is 2.36. The van der Waals surface area contributed by atoms with Gasteiger partial charge in [-0.05, 0) is 37.0 Å². The summed E-state index contributed by atoms with van der Waals surface area (Å²) in [6, 6.07) is 7.86. The lowest BCUT2D eigenvalue weighted by atomic mass is 10.1. The maximum absolute atomic E-state index is 11.6. The number of aliphatic hydroxyl groups excluding tert-OH is 1. The van der Waals surface area contributed by atoms with Crippen LogP contribution in [0.2, 0.25) is 0 Å². The van der Waals surface area contributed by atoms with Gasteiger partial charge >= 0.3 is 5.97 Å². The van der Waals surface area contributed by atoms with Gasteiger partial charge in [0, 0.05) is 4.90 Å². The smallest absolute Gasteiger partial charge is 0.343 e. The first-order valence-corrected chi connectivity index (χ1v) is 7.22. The van der Waals surface area contributed by atoms with Crippen LogP contribution in [0, 0.1) is 0 Å². The topological polar surface area (TPSA) is 58.9 Å². The van der Waals surface area contributed by atoms with Crippen molar-refractivity contribution in [2.24, 2.45) is 4.99 Å². The first-order chi connectivity index (χ1) is 9.56. The predicted molar refractivity (Wildman–Crippen MR) is 81.0 cm³/mol. The fraction of sp³-hybridized carbons (Fsp3) is 0.200. The fourth-order valence-electron chi connectivity index (χ4n) is 1.89. The molecule has 0 fully saturated rings. The van der Waals surface area contributed by atoms with Crippen molar-refractivity contribution >= 4 is 29.5 Å². The average molecular weight is 289 g/mol. The van der Waals surface area contributed by atoms with Crippen LogP contribution in [0.1, 0.15) is 12.5 Å². The van der Waals surface area contributed by atoms with E-state index in [0.717, 1.165) is 10.5 Å². The molecule has 0 bridgehead atoms. The van der Waals surface area contributed by atoms with E-state index in [4.69, 9.17) is 0 Å². The van der Waals surface area contributed by atoms with E-state index in [2.05, 4.69) is 9.73 Å². The summed E-state index contributed by atoms with van der Waals surface area (Å²) in [6.07, 6.45) is 3.74. The summed E-state index contributed by atoms with van der Waals surface area (Å²) in [4.78, 5) is 16.9. The third kappa shape index (κ3) is 2.77. The number of nitrogens with zero attached hydrogens (tertiary/aromatic N) is 1. The number of thioether (sulfide) groups is 1. The molecule has 0 aliphatic carbocycles. The Morgan fingerprint density at radius 3 is 2.55 bits per heavy atom. The van der Waals surface area contributed by atoms with Gasteiger partial charge in [-0.3, -0.25) is 0 Å². The molecular weight excluding hydrogens is 274 g/mol. The highest BCUT2D eigenvalue weighted by atomic mass is 32.2. The van der Waals surface area contributed by atoms with Crippen molar-refractivity contribution in [3.8, 4) is 0 Å². The lowest BCUT2D eigenvalue weighted by Gasteiger charge is -2.01. The van der Waals surface area contributed by atoms with Crippen molar-refractivity contribution in [3.05, 3.63) is 46.9 Å². The number of hydrogen-bond donors (Lipinski definition) is 1. The van der Waals surface area contributed by atoms with Crippen molar-refractivity contribution in [1.29, 1.82) is 0 Å². The van der Waals surface area contributed by atoms with Crippen molar-refractivity contribution < 1.29 is 14.6 Å². The van der Waals surface area contributed by atoms with Crippen LogP contribution >= 0.6 is 11.8 Å². The van der Waals surface area contributed by atoms with Crippen LogP contribution in [0.3, 0.4) is 0 Å². The van der Waals surface area contributed by atoms with Gasteiger partial charge in [-0.2, -0.15) is 0 Å². The highest BCUT2D eigenvalue weighted by molar-refractivity contribution is 7.98. The van der Waals surface area contributed by atoms with E-state index in [0.29, 0.717) is 11.4 Å². The molecular formula is C15H15NO3S. The van der Waals surface area contributed by atoms with Crippen LogP contribution in [0.5, 0.6) is 0 Å². The molecule has 20 heavy (non-hydrogen) atoms. The first kappa shape index (κ1) is 14.4. The Labute approximate surface area is 121 Å². The maximum atomic E-state index is 11.6. The molecule has 0 amide bonds. The Kier molecular flexibility index (Phi) is 4.29. The Morgan fingerprint density at radius 2 is 2.00 bits per heavy atom. The molecule has 2 rings (SSSR count). The second-order valence-electron chi connectivity index (χ2n) is 4.22. The molecule has 5 heteroatoms. The van der Waals surface area contributed by atoms with Crippen LogP contribution in [0.15, 0.2) is 51.2 Å². The molecule has 0 atom stereocenters. The Morgan fingerprint density at radius 1 is 1.35 bits per heavy atom. The number of aliphatic imine (C=N–C) groups is 1. The van der Waals surface area contributed by atoms with Gasteiger partial charge in [-0.15, -0.1) is 11.8 Å². The highest BCUT2D eigenvalue weighted by Gasteiger charge is 2.27. The van der Waals surface area contributed by atoms with Gasteiger partial charge < -0.3 is 9.84 Å². The number of benzene rings is 1. The third-order valence-electron chi connectivity index (χ3n) is 2.94. The molecule has 0 radical (unpaired) electrons. The monoisotopic (exact) mass is 289 g/mol. The van der Waals surface area contributed by atoms with E-state index < -0.39 is 5.97 Å². The van der Waals surface area contributed by atoms with Gasteiger partial charge in [0.2, 0.25) is 0 Å². The van der Waals surface area contributed by atoms with Gasteiger partial charge in [0.05, 0.1) is 12.8 Å². The number of rotatable bonds is 3. The van der Waals surface area contributed by atoms with Gasteiger partial charge in [-0.1, -0.05) is 12.1 Å². The molecule has 0 spiro atoms. The number of esters is 1. The standard InChI is InChI=1S/C15H15NO3S/c1-9-13(15(18)19-2)14(17)12(16-9)8-10-4-6-11(20-3)7-5-10/h4-8,17H,1-3H3/b12-8+. The zero-order chi connectivity index (χ0) is 14.7. The predicted octanol–water partition coefficient (Wildman–Crippen LogP) is 3.21. The van der Waals surface area contributed by atoms with Crippen LogP contribution < -0.4 is 0 Å². The molecule has 0 aromatic heterocycles. The summed E-state index contributed by atoms with van der Waals surface area (Å²) in [5.41, 5.74) is 1.87. The van der Waals surface area contributed by atoms with E-state index >= 15 is 0 Å². The number of aliphatic hydroxyl groups is 1. The lowest BCUT2D eigenvalue weighted by molar-refractivity contribution is -0.135. The number of methoxy groups -OCH3 is 1. The van der Waals surface area contributed by atoms with Crippen LogP contribution in [0.25, 0.3) is 6.08 Å². The molecule has 0 unspecified atom stereocenters. The molecule has 1 aliphatic rings. The van der Waals surface area contributed by atoms with Gasteiger partial charge in [0.1, 0.15) is 11.3 Å². The van der Waals surface area contributed by atoms with E-state index in [1.807, 2.05) is 30.5 Å². The molecule has 1 aromatic rings. The Hall–Kier alpha value is -2.01. The second-order valence-corrected chi connectivity index (χ2v) is 5.09.